The quantitative estimate of drug-likeness (QED) is 0.535. The third kappa shape index (κ3) is 3.94. The van der Waals surface area contributed by atoms with Crippen molar-refractivity contribution in [2.45, 2.75) is 26.9 Å². The molecular formula is C18H23N5S. The van der Waals surface area contributed by atoms with Crippen molar-refractivity contribution in [1.29, 1.82) is 0 Å². The predicted octanol–water partition coefficient (Wildman–Crippen LogP) is 3.16. The second-order valence-electron chi connectivity index (χ2n) is 5.50. The van der Waals surface area contributed by atoms with Crippen LogP contribution in [0, 0.1) is 6.92 Å². The van der Waals surface area contributed by atoms with Gasteiger partial charge in [0, 0.05) is 24.5 Å². The lowest BCUT2D eigenvalue weighted by Crippen LogP contribution is -2.38. The summed E-state index contributed by atoms with van der Waals surface area (Å²) in [7, 11) is 0. The van der Waals surface area contributed by atoms with Gasteiger partial charge >= 0.3 is 0 Å². The first-order valence-electron chi connectivity index (χ1n) is 8.24. The van der Waals surface area contributed by atoms with Crippen LogP contribution in [-0.2, 0) is 13.1 Å². The second-order valence-corrected chi connectivity index (χ2v) is 6.53. The Balaban J connectivity index is 1.62. The lowest BCUT2D eigenvalue weighted by Gasteiger charge is -2.12. The Bertz CT molecular complexity index is 804. The highest BCUT2D eigenvalue weighted by molar-refractivity contribution is 7.09. The van der Waals surface area contributed by atoms with Gasteiger partial charge in [-0.15, -0.1) is 11.3 Å². The van der Waals surface area contributed by atoms with E-state index >= 15 is 0 Å². The molecule has 2 N–H and O–H groups in total. The Hall–Kier alpha value is -2.34. The van der Waals surface area contributed by atoms with Gasteiger partial charge in [-0.3, -0.25) is 0 Å². The van der Waals surface area contributed by atoms with E-state index in [1.807, 2.05) is 6.07 Å². The Morgan fingerprint density at radius 1 is 1.21 bits per heavy atom. The molecule has 3 rings (SSSR count). The molecule has 24 heavy (non-hydrogen) atoms. The van der Waals surface area contributed by atoms with E-state index in [-0.39, 0.29) is 0 Å². The summed E-state index contributed by atoms with van der Waals surface area (Å²) in [5.74, 6) is 1.89. The number of benzene rings is 1. The van der Waals surface area contributed by atoms with E-state index in [4.69, 9.17) is 0 Å². The van der Waals surface area contributed by atoms with Gasteiger partial charge < -0.3 is 15.2 Å². The summed E-state index contributed by atoms with van der Waals surface area (Å²) in [6.07, 6.45) is 0. The van der Waals surface area contributed by atoms with E-state index in [0.29, 0.717) is 6.54 Å². The maximum atomic E-state index is 4.64. The molecule has 0 saturated carbocycles. The highest BCUT2D eigenvalue weighted by atomic mass is 32.1. The number of fused-ring (bicyclic) bond motifs is 1. The zero-order chi connectivity index (χ0) is 16.8. The average molecular weight is 341 g/mol. The number of aliphatic imine (C=N–C) groups is 1. The van der Waals surface area contributed by atoms with E-state index < -0.39 is 0 Å². The number of guanidine groups is 1. The molecule has 0 fully saturated rings. The zero-order valence-corrected chi connectivity index (χ0v) is 14.9. The number of hydrogen-bond acceptors (Lipinski definition) is 3. The van der Waals surface area contributed by atoms with Gasteiger partial charge in [-0.1, -0.05) is 18.2 Å². The van der Waals surface area contributed by atoms with Crippen molar-refractivity contribution in [1.82, 2.24) is 20.2 Å². The van der Waals surface area contributed by atoms with Gasteiger partial charge in [0.25, 0.3) is 0 Å². The lowest BCUT2D eigenvalue weighted by molar-refractivity contribution is 0.660. The molecule has 2 heterocycles. The van der Waals surface area contributed by atoms with Crippen molar-refractivity contribution in [2.24, 2.45) is 4.99 Å². The zero-order valence-electron chi connectivity index (χ0n) is 14.1. The van der Waals surface area contributed by atoms with Crippen molar-refractivity contribution >= 4 is 28.3 Å². The molecule has 126 valence electrons. The van der Waals surface area contributed by atoms with Crippen LogP contribution in [0.15, 0.2) is 46.8 Å². The first-order valence-corrected chi connectivity index (χ1v) is 9.12. The van der Waals surface area contributed by atoms with Crippen LogP contribution >= 0.6 is 11.3 Å². The standard InChI is InChI=1S/C18H23N5S/c1-3-19-18(21-13-15-7-6-12-24-15)20-10-11-23-14(2)22-16-8-4-5-9-17(16)23/h4-9,12H,3,10-11,13H2,1-2H3,(H2,19,20,21). The summed E-state index contributed by atoms with van der Waals surface area (Å²) in [6, 6.07) is 12.4. The number of para-hydroxylation sites is 2. The van der Waals surface area contributed by atoms with Gasteiger partial charge in [0.05, 0.1) is 17.6 Å². The molecule has 0 radical (unpaired) electrons. The largest absolute Gasteiger partial charge is 0.357 e. The molecule has 5 nitrogen and oxygen atoms in total. The molecule has 3 aromatic rings. The molecular weight excluding hydrogens is 318 g/mol. The number of nitrogens with zero attached hydrogens (tertiary/aromatic N) is 3. The fourth-order valence-electron chi connectivity index (χ4n) is 2.67. The monoisotopic (exact) mass is 341 g/mol. The van der Waals surface area contributed by atoms with Crippen LogP contribution in [0.2, 0.25) is 0 Å². The first kappa shape index (κ1) is 16.5. The minimum absolute atomic E-state index is 0.708. The summed E-state index contributed by atoms with van der Waals surface area (Å²) in [5, 5.41) is 8.79. The SMILES string of the molecule is CCNC(=NCc1cccs1)NCCn1c(C)nc2ccccc21. The molecule has 1 aromatic carbocycles. The number of aromatic nitrogens is 2. The Morgan fingerprint density at radius 2 is 2.08 bits per heavy atom. The third-order valence-corrected chi connectivity index (χ3v) is 4.65. The molecule has 0 aliphatic rings. The third-order valence-electron chi connectivity index (χ3n) is 3.79. The lowest BCUT2D eigenvalue weighted by atomic mass is 10.3. The molecule has 0 aliphatic carbocycles. The molecule has 0 aliphatic heterocycles. The molecule has 6 heteroatoms. The van der Waals surface area contributed by atoms with E-state index in [1.165, 1.54) is 10.4 Å². The molecule has 0 saturated heterocycles. The molecule has 0 unspecified atom stereocenters. The van der Waals surface area contributed by atoms with Gasteiger partial charge in [0.1, 0.15) is 5.82 Å². The van der Waals surface area contributed by atoms with E-state index in [2.05, 4.69) is 74.7 Å². The molecule has 0 bridgehead atoms. The van der Waals surface area contributed by atoms with Crippen molar-refractivity contribution in [3.8, 4) is 0 Å². The van der Waals surface area contributed by atoms with Crippen LogP contribution in [0.25, 0.3) is 11.0 Å². The molecule has 0 atom stereocenters. The Kier molecular flexibility index (Phi) is 5.48. The predicted molar refractivity (Wildman–Crippen MR) is 102 cm³/mol. The van der Waals surface area contributed by atoms with Crippen LogP contribution in [0.3, 0.4) is 0 Å². The normalized spacial score (nSPS) is 11.8. The number of hydrogen-bond donors (Lipinski definition) is 2. The minimum atomic E-state index is 0.708. The molecule has 2 aromatic heterocycles. The number of nitrogens with one attached hydrogen (secondary N) is 2. The second kappa shape index (κ2) is 7.97. The number of aryl methyl sites for hydroxylation is 1. The highest BCUT2D eigenvalue weighted by Gasteiger charge is 2.06. The van der Waals surface area contributed by atoms with E-state index in [9.17, 15) is 0 Å². The van der Waals surface area contributed by atoms with Crippen LogP contribution in [0.1, 0.15) is 17.6 Å². The fourth-order valence-corrected chi connectivity index (χ4v) is 3.29. The van der Waals surface area contributed by atoms with Crippen LogP contribution in [-0.4, -0.2) is 28.6 Å². The van der Waals surface area contributed by atoms with Crippen LogP contribution < -0.4 is 10.6 Å². The maximum absolute atomic E-state index is 4.64. The summed E-state index contributed by atoms with van der Waals surface area (Å²) >= 11 is 1.73. The average Bonchev–Trinajstić information content (AvgIpc) is 3.20. The van der Waals surface area contributed by atoms with Crippen molar-refractivity contribution in [3.63, 3.8) is 0 Å². The summed E-state index contributed by atoms with van der Waals surface area (Å²) in [5.41, 5.74) is 2.23. The summed E-state index contributed by atoms with van der Waals surface area (Å²) < 4.78 is 2.24. The van der Waals surface area contributed by atoms with Crippen molar-refractivity contribution in [3.05, 3.63) is 52.5 Å². The fraction of sp³-hybridized carbons (Fsp3) is 0.333. The molecule has 0 spiro atoms. The first-order chi connectivity index (χ1) is 11.8. The van der Waals surface area contributed by atoms with Crippen LogP contribution in [0.4, 0.5) is 0 Å². The van der Waals surface area contributed by atoms with E-state index in [1.54, 1.807) is 11.3 Å². The van der Waals surface area contributed by atoms with Gasteiger partial charge in [0.15, 0.2) is 5.96 Å². The van der Waals surface area contributed by atoms with Crippen LogP contribution in [0.5, 0.6) is 0 Å². The minimum Gasteiger partial charge on any atom is -0.357 e. The topological polar surface area (TPSA) is 54.2 Å². The smallest absolute Gasteiger partial charge is 0.191 e. The Labute approximate surface area is 146 Å². The van der Waals surface area contributed by atoms with Gasteiger partial charge in [-0.05, 0) is 37.4 Å². The van der Waals surface area contributed by atoms with Crippen molar-refractivity contribution < 1.29 is 0 Å². The summed E-state index contributed by atoms with van der Waals surface area (Å²) in [6.45, 7) is 7.35. The van der Waals surface area contributed by atoms with Gasteiger partial charge in [-0.25, -0.2) is 9.98 Å². The van der Waals surface area contributed by atoms with Crippen molar-refractivity contribution in [2.75, 3.05) is 13.1 Å². The van der Waals surface area contributed by atoms with Gasteiger partial charge in [-0.2, -0.15) is 0 Å². The number of imidazole rings is 1. The Morgan fingerprint density at radius 3 is 2.88 bits per heavy atom. The summed E-state index contributed by atoms with van der Waals surface area (Å²) in [4.78, 5) is 10.5. The molecule has 0 amide bonds. The number of rotatable bonds is 6. The van der Waals surface area contributed by atoms with E-state index in [0.717, 1.165) is 36.9 Å². The highest BCUT2D eigenvalue weighted by Crippen LogP contribution is 2.14. The van der Waals surface area contributed by atoms with Gasteiger partial charge in [0.2, 0.25) is 0 Å². The maximum Gasteiger partial charge on any atom is 0.191 e. The number of thiophene rings is 1.